The highest BCUT2D eigenvalue weighted by Gasteiger charge is 2.20. The van der Waals surface area contributed by atoms with Gasteiger partial charge in [0.25, 0.3) is 0 Å². The predicted molar refractivity (Wildman–Crippen MR) is 73.6 cm³/mol. The molecule has 98 valence electrons. The molecule has 1 N–H and O–H groups in total. The first-order valence-electron chi connectivity index (χ1n) is 6.51. The first-order chi connectivity index (χ1) is 8.65. The smallest absolute Gasteiger partial charge is 0.321 e. The molecule has 0 radical (unpaired) electrons. The van der Waals surface area contributed by atoms with Gasteiger partial charge in [0.2, 0.25) is 0 Å². The van der Waals surface area contributed by atoms with Gasteiger partial charge in [-0.15, -0.1) is 0 Å². The molecule has 2 amide bonds. The van der Waals surface area contributed by atoms with E-state index >= 15 is 0 Å². The minimum absolute atomic E-state index is 0.0112. The number of amides is 2. The van der Waals surface area contributed by atoms with E-state index in [0.29, 0.717) is 0 Å². The van der Waals surface area contributed by atoms with Crippen LogP contribution < -0.4 is 5.32 Å². The molecule has 1 aromatic carbocycles. The van der Waals surface area contributed by atoms with Crippen LogP contribution in [0.2, 0.25) is 0 Å². The molecule has 0 saturated carbocycles. The molecule has 0 spiro atoms. The van der Waals surface area contributed by atoms with E-state index in [1.54, 1.807) is 4.90 Å². The monoisotopic (exact) mass is 247 g/mol. The van der Waals surface area contributed by atoms with Crippen molar-refractivity contribution in [2.24, 2.45) is 0 Å². The van der Waals surface area contributed by atoms with Gasteiger partial charge >= 0.3 is 6.03 Å². The molecule has 0 bridgehead atoms. The molecule has 0 fully saturated rings. The van der Waals surface area contributed by atoms with E-state index in [2.05, 4.69) is 23.3 Å². The van der Waals surface area contributed by atoms with Crippen molar-refractivity contribution in [2.45, 2.75) is 26.9 Å². The topological polar surface area (TPSA) is 35.6 Å². The molecule has 1 aromatic rings. The Balaban J connectivity index is 2.16. The first-order valence-corrected chi connectivity index (χ1v) is 6.51. The second kappa shape index (κ2) is 5.40. The van der Waals surface area contributed by atoms with Crippen LogP contribution in [0.25, 0.3) is 0 Å². The molecule has 0 aromatic heterocycles. The zero-order valence-corrected chi connectivity index (χ0v) is 11.4. The van der Waals surface area contributed by atoms with Crippen molar-refractivity contribution in [3.63, 3.8) is 0 Å². The Morgan fingerprint density at radius 2 is 2.06 bits per heavy atom. The fraction of sp³-hybridized carbons (Fsp3) is 0.500. The molecule has 4 nitrogen and oxygen atoms in total. The maximum absolute atomic E-state index is 12.1. The SMILES string of the molecule is CCN(CC)C(=O)Nc1cccc2c1CN(C)C2. The molecule has 2 rings (SSSR count). The summed E-state index contributed by atoms with van der Waals surface area (Å²) < 4.78 is 0. The van der Waals surface area contributed by atoms with Crippen LogP contribution in [0.1, 0.15) is 25.0 Å². The summed E-state index contributed by atoms with van der Waals surface area (Å²) in [4.78, 5) is 16.1. The summed E-state index contributed by atoms with van der Waals surface area (Å²) in [5.41, 5.74) is 3.52. The number of anilines is 1. The Morgan fingerprint density at radius 1 is 1.33 bits per heavy atom. The Bertz CT molecular complexity index is 441. The Morgan fingerprint density at radius 3 is 2.72 bits per heavy atom. The Labute approximate surface area is 109 Å². The minimum atomic E-state index is -0.0112. The molecular formula is C14H21N3O. The quantitative estimate of drug-likeness (QED) is 0.890. The van der Waals surface area contributed by atoms with Gasteiger partial charge in [-0.25, -0.2) is 4.79 Å². The molecule has 0 aliphatic carbocycles. The van der Waals surface area contributed by atoms with Crippen LogP contribution in [0.15, 0.2) is 18.2 Å². The van der Waals surface area contributed by atoms with Gasteiger partial charge in [0.05, 0.1) is 0 Å². The van der Waals surface area contributed by atoms with Crippen molar-refractivity contribution in [3.05, 3.63) is 29.3 Å². The lowest BCUT2D eigenvalue weighted by atomic mass is 10.1. The lowest BCUT2D eigenvalue weighted by Gasteiger charge is -2.20. The molecule has 0 atom stereocenters. The van der Waals surface area contributed by atoms with Crippen molar-refractivity contribution in [2.75, 3.05) is 25.5 Å². The number of rotatable bonds is 3. The van der Waals surface area contributed by atoms with Crippen LogP contribution in [-0.2, 0) is 13.1 Å². The third-order valence-corrected chi connectivity index (χ3v) is 3.43. The summed E-state index contributed by atoms with van der Waals surface area (Å²) in [6.07, 6.45) is 0. The molecule has 4 heteroatoms. The summed E-state index contributed by atoms with van der Waals surface area (Å²) in [6.45, 7) is 7.32. The first kappa shape index (κ1) is 12.9. The highest BCUT2D eigenvalue weighted by atomic mass is 16.2. The van der Waals surface area contributed by atoms with Crippen molar-refractivity contribution in [1.29, 1.82) is 0 Å². The third-order valence-electron chi connectivity index (χ3n) is 3.43. The van der Waals surface area contributed by atoms with E-state index in [0.717, 1.165) is 31.9 Å². The highest BCUT2D eigenvalue weighted by Crippen LogP contribution is 2.28. The average molecular weight is 247 g/mol. The van der Waals surface area contributed by atoms with Crippen LogP contribution in [0.4, 0.5) is 10.5 Å². The number of nitrogens with zero attached hydrogens (tertiary/aromatic N) is 2. The zero-order chi connectivity index (χ0) is 13.1. The molecule has 1 aliphatic heterocycles. The number of hydrogen-bond acceptors (Lipinski definition) is 2. The second-order valence-corrected chi connectivity index (χ2v) is 4.72. The summed E-state index contributed by atoms with van der Waals surface area (Å²) in [6, 6.07) is 6.11. The van der Waals surface area contributed by atoms with E-state index in [4.69, 9.17) is 0 Å². The summed E-state index contributed by atoms with van der Waals surface area (Å²) >= 11 is 0. The highest BCUT2D eigenvalue weighted by molar-refractivity contribution is 5.90. The molecule has 18 heavy (non-hydrogen) atoms. The number of hydrogen-bond donors (Lipinski definition) is 1. The third kappa shape index (κ3) is 2.48. The van der Waals surface area contributed by atoms with Gasteiger partial charge in [-0.1, -0.05) is 12.1 Å². The summed E-state index contributed by atoms with van der Waals surface area (Å²) in [7, 11) is 2.09. The van der Waals surface area contributed by atoms with Crippen LogP contribution >= 0.6 is 0 Å². The van der Waals surface area contributed by atoms with Gasteiger partial charge in [0.1, 0.15) is 0 Å². The van der Waals surface area contributed by atoms with Gasteiger partial charge < -0.3 is 10.2 Å². The van der Waals surface area contributed by atoms with Crippen molar-refractivity contribution < 1.29 is 4.79 Å². The van der Waals surface area contributed by atoms with E-state index < -0.39 is 0 Å². The van der Waals surface area contributed by atoms with Crippen LogP contribution in [0, 0.1) is 0 Å². The standard InChI is InChI=1S/C14H21N3O/c1-4-17(5-2)14(18)15-13-8-6-7-11-9-16(3)10-12(11)13/h6-8H,4-5,9-10H2,1-3H3,(H,15,18). The Hall–Kier alpha value is -1.55. The molecule has 0 saturated heterocycles. The van der Waals surface area contributed by atoms with Crippen LogP contribution in [0.3, 0.4) is 0 Å². The fourth-order valence-electron chi connectivity index (χ4n) is 2.41. The van der Waals surface area contributed by atoms with Gasteiger partial charge in [-0.05, 0) is 38.1 Å². The number of carbonyl (C=O) groups is 1. The average Bonchev–Trinajstić information content (AvgIpc) is 2.72. The van der Waals surface area contributed by atoms with Crippen LogP contribution in [0.5, 0.6) is 0 Å². The maximum Gasteiger partial charge on any atom is 0.321 e. The number of benzene rings is 1. The number of nitrogens with one attached hydrogen (secondary N) is 1. The van der Waals surface area contributed by atoms with E-state index in [9.17, 15) is 4.79 Å². The van der Waals surface area contributed by atoms with Gasteiger partial charge in [-0.2, -0.15) is 0 Å². The van der Waals surface area contributed by atoms with Gasteiger partial charge in [0.15, 0.2) is 0 Å². The fourth-order valence-corrected chi connectivity index (χ4v) is 2.41. The number of carbonyl (C=O) groups excluding carboxylic acids is 1. The normalized spacial score (nSPS) is 14.4. The van der Waals surface area contributed by atoms with Gasteiger partial charge in [-0.3, -0.25) is 4.90 Å². The van der Waals surface area contributed by atoms with E-state index in [1.165, 1.54) is 11.1 Å². The molecule has 0 unspecified atom stereocenters. The van der Waals surface area contributed by atoms with E-state index in [-0.39, 0.29) is 6.03 Å². The molecule has 1 aliphatic rings. The van der Waals surface area contributed by atoms with Crippen molar-refractivity contribution in [1.82, 2.24) is 9.80 Å². The van der Waals surface area contributed by atoms with Gasteiger partial charge in [0, 0.05) is 31.9 Å². The van der Waals surface area contributed by atoms with Crippen molar-refractivity contribution in [3.8, 4) is 0 Å². The van der Waals surface area contributed by atoms with Crippen LogP contribution in [-0.4, -0.2) is 36.0 Å². The minimum Gasteiger partial charge on any atom is -0.325 e. The molecular weight excluding hydrogens is 226 g/mol. The summed E-state index contributed by atoms with van der Waals surface area (Å²) in [5, 5.41) is 3.03. The Kier molecular flexibility index (Phi) is 3.87. The molecule has 1 heterocycles. The maximum atomic E-state index is 12.1. The number of urea groups is 1. The van der Waals surface area contributed by atoms with E-state index in [1.807, 2.05) is 26.0 Å². The predicted octanol–water partition coefficient (Wildman–Crippen LogP) is 2.51. The summed E-state index contributed by atoms with van der Waals surface area (Å²) in [5.74, 6) is 0. The largest absolute Gasteiger partial charge is 0.325 e. The van der Waals surface area contributed by atoms with Crippen molar-refractivity contribution >= 4 is 11.7 Å². The second-order valence-electron chi connectivity index (χ2n) is 4.72. The number of fused-ring (bicyclic) bond motifs is 1. The lowest BCUT2D eigenvalue weighted by Crippen LogP contribution is -2.34. The zero-order valence-electron chi connectivity index (χ0n) is 11.4. The lowest BCUT2D eigenvalue weighted by molar-refractivity contribution is 0.217.